The van der Waals surface area contributed by atoms with Crippen LogP contribution in [0.4, 0.5) is 0 Å². The Labute approximate surface area is 68.6 Å². The van der Waals surface area contributed by atoms with Gasteiger partial charge in [-0.25, -0.2) is 0 Å². The van der Waals surface area contributed by atoms with Crippen molar-refractivity contribution in [2.45, 2.75) is 20.8 Å². The molecule has 0 bridgehead atoms. The molecule has 11 heavy (non-hydrogen) atoms. The number of hydrogen-bond acceptors (Lipinski definition) is 2. The van der Waals surface area contributed by atoms with Gasteiger partial charge in [0.05, 0.1) is 0 Å². The van der Waals surface area contributed by atoms with Gasteiger partial charge in [-0.2, -0.15) is 0 Å². The number of rotatable bonds is 4. The van der Waals surface area contributed by atoms with Crippen molar-refractivity contribution in [1.29, 1.82) is 0 Å². The summed E-state index contributed by atoms with van der Waals surface area (Å²) in [4.78, 5) is 12.7. The lowest BCUT2D eigenvalue weighted by Crippen LogP contribution is -2.34. The van der Waals surface area contributed by atoms with Crippen LogP contribution in [-0.4, -0.2) is 30.4 Å². The van der Waals surface area contributed by atoms with Crippen LogP contribution in [0.1, 0.15) is 20.8 Å². The second-order valence-corrected chi connectivity index (χ2v) is 2.90. The van der Waals surface area contributed by atoms with Crippen LogP contribution in [-0.2, 0) is 4.79 Å². The Kier molecular flexibility index (Phi) is 4.86. The van der Waals surface area contributed by atoms with E-state index in [4.69, 9.17) is 5.73 Å². The first-order valence-electron chi connectivity index (χ1n) is 4.07. The Morgan fingerprint density at radius 1 is 1.64 bits per heavy atom. The summed E-state index contributed by atoms with van der Waals surface area (Å²) in [6.07, 6.45) is 0. The molecule has 0 rings (SSSR count). The molecule has 1 unspecified atom stereocenters. The molecular formula is C8H18N2O. The molecule has 0 fully saturated rings. The fraction of sp³-hybridized carbons (Fsp3) is 0.875. The molecule has 1 atom stereocenters. The van der Waals surface area contributed by atoms with Gasteiger partial charge in [0.1, 0.15) is 0 Å². The molecule has 0 aliphatic heterocycles. The van der Waals surface area contributed by atoms with Gasteiger partial charge in [-0.1, -0.05) is 6.92 Å². The molecule has 0 spiro atoms. The van der Waals surface area contributed by atoms with E-state index >= 15 is 0 Å². The average molecular weight is 158 g/mol. The van der Waals surface area contributed by atoms with Crippen LogP contribution in [0.3, 0.4) is 0 Å². The van der Waals surface area contributed by atoms with E-state index in [2.05, 4.69) is 0 Å². The summed E-state index contributed by atoms with van der Waals surface area (Å²) < 4.78 is 0. The summed E-state index contributed by atoms with van der Waals surface area (Å²) in [5, 5.41) is 0. The quantitative estimate of drug-likeness (QED) is 0.645. The molecular weight excluding hydrogens is 140 g/mol. The molecule has 0 radical (unpaired) electrons. The maximum absolute atomic E-state index is 10.9. The van der Waals surface area contributed by atoms with Crippen LogP contribution in [0.2, 0.25) is 0 Å². The van der Waals surface area contributed by atoms with E-state index in [9.17, 15) is 4.79 Å². The highest BCUT2D eigenvalue weighted by Gasteiger charge is 2.08. The lowest BCUT2D eigenvalue weighted by atomic mass is 10.2. The molecule has 0 saturated heterocycles. The van der Waals surface area contributed by atoms with Crippen molar-refractivity contribution in [2.75, 3.05) is 19.6 Å². The molecule has 0 aliphatic carbocycles. The maximum Gasteiger partial charge on any atom is 0.219 e. The van der Waals surface area contributed by atoms with Gasteiger partial charge < -0.3 is 10.6 Å². The second kappa shape index (κ2) is 5.13. The van der Waals surface area contributed by atoms with Crippen molar-refractivity contribution in [1.82, 2.24) is 4.90 Å². The number of hydrogen-bond donors (Lipinski definition) is 1. The van der Waals surface area contributed by atoms with Crippen LogP contribution in [0.25, 0.3) is 0 Å². The topological polar surface area (TPSA) is 46.3 Å². The molecule has 2 N–H and O–H groups in total. The Bertz CT molecular complexity index is 125. The minimum Gasteiger partial charge on any atom is -0.343 e. The highest BCUT2D eigenvalue weighted by Crippen LogP contribution is 1.97. The van der Waals surface area contributed by atoms with Crippen molar-refractivity contribution in [3.05, 3.63) is 0 Å². The lowest BCUT2D eigenvalue weighted by Gasteiger charge is -2.22. The van der Waals surface area contributed by atoms with Crippen molar-refractivity contribution < 1.29 is 4.79 Å². The van der Waals surface area contributed by atoms with E-state index in [1.807, 2.05) is 13.8 Å². The molecule has 0 heterocycles. The zero-order valence-corrected chi connectivity index (χ0v) is 7.63. The Hall–Kier alpha value is -0.570. The summed E-state index contributed by atoms with van der Waals surface area (Å²) in [7, 11) is 0. The lowest BCUT2D eigenvalue weighted by molar-refractivity contribution is -0.129. The third-order valence-electron chi connectivity index (χ3n) is 1.76. The standard InChI is InChI=1S/C8H18N2O/c1-4-10(8(3)11)6-7(2)5-9/h7H,4-6,9H2,1-3H3. The first-order chi connectivity index (χ1) is 5.11. The fourth-order valence-corrected chi connectivity index (χ4v) is 0.931. The summed E-state index contributed by atoms with van der Waals surface area (Å²) in [5.41, 5.74) is 5.44. The van der Waals surface area contributed by atoms with Crippen molar-refractivity contribution >= 4 is 5.91 Å². The summed E-state index contributed by atoms with van der Waals surface area (Å²) in [6.45, 7) is 7.81. The van der Waals surface area contributed by atoms with Gasteiger partial charge >= 0.3 is 0 Å². The molecule has 0 saturated carbocycles. The largest absolute Gasteiger partial charge is 0.343 e. The minimum absolute atomic E-state index is 0.132. The SMILES string of the molecule is CCN(CC(C)CN)C(C)=O. The highest BCUT2D eigenvalue weighted by atomic mass is 16.2. The van der Waals surface area contributed by atoms with Crippen LogP contribution >= 0.6 is 0 Å². The Morgan fingerprint density at radius 2 is 2.18 bits per heavy atom. The minimum atomic E-state index is 0.132. The normalized spacial score (nSPS) is 12.7. The van der Waals surface area contributed by atoms with Crippen LogP contribution in [0, 0.1) is 5.92 Å². The number of carbonyl (C=O) groups is 1. The molecule has 3 heteroatoms. The molecule has 0 aliphatic rings. The number of carbonyl (C=O) groups excluding carboxylic acids is 1. The van der Waals surface area contributed by atoms with E-state index < -0.39 is 0 Å². The van der Waals surface area contributed by atoms with Gasteiger partial charge in [0.15, 0.2) is 0 Å². The number of nitrogens with zero attached hydrogens (tertiary/aromatic N) is 1. The molecule has 66 valence electrons. The monoisotopic (exact) mass is 158 g/mol. The zero-order chi connectivity index (χ0) is 8.85. The van der Waals surface area contributed by atoms with E-state index in [0.29, 0.717) is 12.5 Å². The third-order valence-corrected chi connectivity index (χ3v) is 1.76. The van der Waals surface area contributed by atoms with Gasteiger partial charge in [0, 0.05) is 20.0 Å². The summed E-state index contributed by atoms with van der Waals surface area (Å²) >= 11 is 0. The maximum atomic E-state index is 10.9. The smallest absolute Gasteiger partial charge is 0.219 e. The van der Waals surface area contributed by atoms with E-state index in [-0.39, 0.29) is 5.91 Å². The zero-order valence-electron chi connectivity index (χ0n) is 7.63. The Morgan fingerprint density at radius 3 is 2.45 bits per heavy atom. The second-order valence-electron chi connectivity index (χ2n) is 2.90. The van der Waals surface area contributed by atoms with Crippen LogP contribution in [0.5, 0.6) is 0 Å². The predicted octanol–water partition coefficient (Wildman–Crippen LogP) is 0.450. The predicted molar refractivity (Wildman–Crippen MR) is 46.1 cm³/mol. The van der Waals surface area contributed by atoms with Crippen LogP contribution < -0.4 is 5.73 Å². The number of amides is 1. The summed E-state index contributed by atoms with van der Waals surface area (Å²) in [5.74, 6) is 0.534. The van der Waals surface area contributed by atoms with Crippen LogP contribution in [0.15, 0.2) is 0 Å². The van der Waals surface area contributed by atoms with Crippen molar-refractivity contribution in [3.63, 3.8) is 0 Å². The van der Waals surface area contributed by atoms with Crippen molar-refractivity contribution in [2.24, 2.45) is 11.7 Å². The first kappa shape index (κ1) is 10.4. The highest BCUT2D eigenvalue weighted by molar-refractivity contribution is 5.73. The van der Waals surface area contributed by atoms with E-state index in [1.54, 1.807) is 11.8 Å². The van der Waals surface area contributed by atoms with Crippen molar-refractivity contribution in [3.8, 4) is 0 Å². The molecule has 0 aromatic carbocycles. The Balaban J connectivity index is 3.77. The molecule has 0 aromatic heterocycles. The van der Waals surface area contributed by atoms with E-state index in [0.717, 1.165) is 13.1 Å². The fourth-order valence-electron chi connectivity index (χ4n) is 0.931. The van der Waals surface area contributed by atoms with Gasteiger partial charge in [0.2, 0.25) is 5.91 Å². The molecule has 3 nitrogen and oxygen atoms in total. The van der Waals surface area contributed by atoms with Gasteiger partial charge in [-0.05, 0) is 19.4 Å². The average Bonchev–Trinajstić information content (AvgIpc) is 1.99. The molecule has 1 amide bonds. The van der Waals surface area contributed by atoms with Gasteiger partial charge in [-0.15, -0.1) is 0 Å². The van der Waals surface area contributed by atoms with Gasteiger partial charge in [0.25, 0.3) is 0 Å². The first-order valence-corrected chi connectivity index (χ1v) is 4.07. The van der Waals surface area contributed by atoms with Gasteiger partial charge in [-0.3, -0.25) is 4.79 Å². The summed E-state index contributed by atoms with van der Waals surface area (Å²) in [6, 6.07) is 0. The number of nitrogens with two attached hydrogens (primary N) is 1. The molecule has 0 aromatic rings. The third kappa shape index (κ3) is 3.98. The van der Waals surface area contributed by atoms with E-state index in [1.165, 1.54) is 0 Å².